The molecule has 0 bridgehead atoms. The number of unbranched alkanes of at least 4 members (excludes halogenated alkanes) is 4. The molecule has 0 aliphatic heterocycles. The molecule has 3 aliphatic carbocycles. The zero-order chi connectivity index (χ0) is 28.0. The summed E-state index contributed by atoms with van der Waals surface area (Å²) in [4.78, 5) is 0. The van der Waals surface area contributed by atoms with E-state index in [4.69, 9.17) is 8.92 Å². The van der Waals surface area contributed by atoms with E-state index in [9.17, 15) is 4.21 Å². The van der Waals surface area contributed by atoms with E-state index in [-0.39, 0.29) is 11.5 Å². The second-order valence-electron chi connectivity index (χ2n) is 12.8. The van der Waals surface area contributed by atoms with Gasteiger partial charge in [0.1, 0.15) is 12.4 Å². The lowest BCUT2D eigenvalue weighted by Crippen LogP contribution is -2.45. The van der Waals surface area contributed by atoms with Crippen LogP contribution in [-0.2, 0) is 28.5 Å². The highest BCUT2D eigenvalue weighted by Gasteiger charge is 2.56. The van der Waals surface area contributed by atoms with Gasteiger partial charge in [0, 0.05) is 13.1 Å². The topological polar surface area (TPSA) is 38.8 Å². The maximum atomic E-state index is 13.5. The van der Waals surface area contributed by atoms with E-state index in [0.29, 0.717) is 24.4 Å². The summed E-state index contributed by atoms with van der Waals surface area (Å²) in [6.07, 6.45) is 14.1. The number of rotatable bonds is 14. The van der Waals surface area contributed by atoms with Gasteiger partial charge in [0.2, 0.25) is 11.3 Å². The van der Waals surface area contributed by atoms with Crippen molar-refractivity contribution < 1.29 is 13.1 Å². The first kappa shape index (κ1) is 29.8. The number of fused-ring (bicyclic) bond motifs is 5. The largest absolute Gasteiger partial charge is 0.489 e. The van der Waals surface area contributed by atoms with Crippen molar-refractivity contribution in [3.05, 3.63) is 65.2 Å². The average Bonchev–Trinajstić information content (AvgIpc) is 3.31. The van der Waals surface area contributed by atoms with Gasteiger partial charge in [-0.1, -0.05) is 82.9 Å². The van der Waals surface area contributed by atoms with Crippen molar-refractivity contribution in [3.8, 4) is 5.75 Å². The fourth-order valence-corrected chi connectivity index (χ4v) is 9.19. The van der Waals surface area contributed by atoms with Crippen molar-refractivity contribution in [3.63, 3.8) is 0 Å². The first-order valence-electron chi connectivity index (χ1n) is 16.2. The summed E-state index contributed by atoms with van der Waals surface area (Å²) < 4.78 is 28.3. The lowest BCUT2D eigenvalue weighted by atomic mass is 9.55. The standard InChI is InChI=1S/C35H51NO3S/c1-4-6-11-23-36(24-12-7-5-2)40(37)39-34-20-19-33-32-17-15-28-25-29(38-26-27-13-9-8-10-14-27)16-18-30(28)31(32)21-22-35(33,34)3/h8-10,13-14,16,18,25,31-34H,4-7,11-12,15,17,19-24,26H2,1-3H3/t31?,32?,33?,34-,35-,40?/m0/s1. The third-order valence-corrected chi connectivity index (χ3v) is 11.5. The third kappa shape index (κ3) is 6.68. The van der Waals surface area contributed by atoms with E-state index in [1.807, 2.05) is 6.07 Å². The maximum absolute atomic E-state index is 13.5. The molecule has 5 rings (SSSR count). The zero-order valence-corrected chi connectivity index (χ0v) is 25.9. The summed E-state index contributed by atoms with van der Waals surface area (Å²) in [5.74, 6) is 2.98. The molecule has 5 heteroatoms. The molecule has 4 nitrogen and oxygen atoms in total. The second kappa shape index (κ2) is 14.0. The Hall–Kier alpha value is -1.69. The zero-order valence-electron chi connectivity index (χ0n) is 25.1. The van der Waals surface area contributed by atoms with Crippen LogP contribution in [0.2, 0.25) is 0 Å². The first-order valence-corrected chi connectivity index (χ1v) is 17.2. The summed E-state index contributed by atoms with van der Waals surface area (Å²) in [6.45, 7) is 9.30. The highest BCUT2D eigenvalue weighted by atomic mass is 32.2. The van der Waals surface area contributed by atoms with Crippen LogP contribution in [0, 0.1) is 17.3 Å². The van der Waals surface area contributed by atoms with Gasteiger partial charge in [-0.15, -0.1) is 0 Å². The Bertz CT molecular complexity index is 1100. The minimum Gasteiger partial charge on any atom is -0.489 e. The van der Waals surface area contributed by atoms with Crippen LogP contribution in [0.4, 0.5) is 0 Å². The predicted molar refractivity (Wildman–Crippen MR) is 165 cm³/mol. The predicted octanol–water partition coefficient (Wildman–Crippen LogP) is 8.77. The van der Waals surface area contributed by atoms with E-state index >= 15 is 0 Å². The summed E-state index contributed by atoms with van der Waals surface area (Å²) in [6, 6.07) is 17.3. The monoisotopic (exact) mass is 565 g/mol. The summed E-state index contributed by atoms with van der Waals surface area (Å²) >= 11 is -1.34. The molecule has 0 N–H and O–H groups in total. The number of nitrogens with zero attached hydrogens (tertiary/aromatic N) is 1. The number of aryl methyl sites for hydroxylation is 1. The summed E-state index contributed by atoms with van der Waals surface area (Å²) in [5.41, 5.74) is 4.37. The first-order chi connectivity index (χ1) is 19.5. The molecule has 2 aromatic carbocycles. The molecule has 6 atom stereocenters. The van der Waals surface area contributed by atoms with Crippen LogP contribution in [-0.4, -0.2) is 27.7 Å². The molecule has 0 saturated heterocycles. The van der Waals surface area contributed by atoms with Gasteiger partial charge in [-0.3, -0.25) is 4.18 Å². The molecule has 2 aromatic rings. The van der Waals surface area contributed by atoms with Gasteiger partial charge in [-0.2, -0.15) is 0 Å². The van der Waals surface area contributed by atoms with Crippen LogP contribution < -0.4 is 4.74 Å². The maximum Gasteiger partial charge on any atom is 0.237 e. The quantitative estimate of drug-likeness (QED) is 0.215. The number of ether oxygens (including phenoxy) is 1. The molecule has 4 unspecified atom stereocenters. The summed E-state index contributed by atoms with van der Waals surface area (Å²) in [5, 5.41) is 0. The Morgan fingerprint density at radius 3 is 2.40 bits per heavy atom. The van der Waals surface area contributed by atoms with Crippen LogP contribution in [0.25, 0.3) is 0 Å². The van der Waals surface area contributed by atoms with E-state index in [1.54, 1.807) is 5.56 Å². The molecule has 2 fully saturated rings. The highest BCUT2D eigenvalue weighted by Crippen LogP contribution is 2.61. The van der Waals surface area contributed by atoms with Gasteiger partial charge in [0.15, 0.2) is 0 Å². The van der Waals surface area contributed by atoms with Gasteiger partial charge in [0.25, 0.3) is 0 Å². The number of benzene rings is 2. The summed E-state index contributed by atoms with van der Waals surface area (Å²) in [7, 11) is 0. The van der Waals surface area contributed by atoms with Crippen LogP contribution in [0.3, 0.4) is 0 Å². The van der Waals surface area contributed by atoms with E-state index in [0.717, 1.165) is 50.9 Å². The van der Waals surface area contributed by atoms with Gasteiger partial charge in [-0.25, -0.2) is 8.51 Å². The van der Waals surface area contributed by atoms with Crippen molar-refractivity contribution in [2.24, 2.45) is 17.3 Å². The lowest BCUT2D eigenvalue weighted by Gasteiger charge is -2.50. The Morgan fingerprint density at radius 2 is 1.68 bits per heavy atom. The van der Waals surface area contributed by atoms with E-state index in [2.05, 4.69) is 67.5 Å². The van der Waals surface area contributed by atoms with Gasteiger partial charge in [-0.05, 0) is 103 Å². The molecule has 0 radical (unpaired) electrons. The molecule has 0 amide bonds. The molecule has 220 valence electrons. The number of hydrogen-bond donors (Lipinski definition) is 0. The molecular weight excluding hydrogens is 514 g/mol. The minimum absolute atomic E-state index is 0.106. The van der Waals surface area contributed by atoms with Crippen LogP contribution in [0.1, 0.15) is 114 Å². The van der Waals surface area contributed by atoms with Gasteiger partial charge in [0.05, 0.1) is 6.10 Å². The second-order valence-corrected chi connectivity index (χ2v) is 14.0. The SMILES string of the molecule is CCCCCN(CCCCC)S(=O)O[C@H]1CCC2C3CCc4cc(OCc5ccccc5)ccc4C3CC[C@@]21C. The third-order valence-electron chi connectivity index (χ3n) is 10.3. The smallest absolute Gasteiger partial charge is 0.237 e. The number of hydrogen-bond acceptors (Lipinski definition) is 3. The van der Waals surface area contributed by atoms with Crippen LogP contribution >= 0.6 is 0 Å². The molecule has 0 heterocycles. The molecule has 0 spiro atoms. The fraction of sp³-hybridized carbons (Fsp3) is 0.657. The molecule has 0 aromatic heterocycles. The van der Waals surface area contributed by atoms with Gasteiger partial charge < -0.3 is 4.74 Å². The van der Waals surface area contributed by atoms with Crippen LogP contribution in [0.15, 0.2) is 48.5 Å². The molecule has 2 saturated carbocycles. The molecule has 40 heavy (non-hydrogen) atoms. The van der Waals surface area contributed by atoms with Crippen molar-refractivity contribution >= 4 is 11.3 Å². The minimum atomic E-state index is -1.34. The Kier molecular flexibility index (Phi) is 10.4. The normalized spacial score (nSPS) is 28.1. The average molecular weight is 566 g/mol. The molecule has 3 aliphatic rings. The Balaban J connectivity index is 1.22. The Morgan fingerprint density at radius 1 is 0.925 bits per heavy atom. The Labute approximate surface area is 246 Å². The van der Waals surface area contributed by atoms with Crippen molar-refractivity contribution in [2.75, 3.05) is 13.1 Å². The molecular formula is C35H51NO3S. The fourth-order valence-electron chi connectivity index (χ4n) is 8.00. The highest BCUT2D eigenvalue weighted by molar-refractivity contribution is 7.77. The van der Waals surface area contributed by atoms with Crippen LogP contribution in [0.5, 0.6) is 5.75 Å². The van der Waals surface area contributed by atoms with Crippen molar-refractivity contribution in [1.29, 1.82) is 0 Å². The lowest BCUT2D eigenvalue weighted by molar-refractivity contribution is -0.00786. The van der Waals surface area contributed by atoms with E-state index < -0.39 is 11.3 Å². The van der Waals surface area contributed by atoms with Crippen molar-refractivity contribution in [1.82, 2.24) is 4.31 Å². The van der Waals surface area contributed by atoms with Crippen molar-refractivity contribution in [2.45, 2.75) is 116 Å². The van der Waals surface area contributed by atoms with E-state index in [1.165, 1.54) is 56.1 Å². The van der Waals surface area contributed by atoms with Gasteiger partial charge >= 0.3 is 0 Å².